The zero-order chi connectivity index (χ0) is 8.20. The highest BCUT2D eigenvalue weighted by Gasteiger charge is 2.06. The molecule has 0 aromatic rings. The third kappa shape index (κ3) is 6.49. The molecule has 0 aromatic carbocycles. The molecule has 0 saturated heterocycles. The van der Waals surface area contributed by atoms with Crippen molar-refractivity contribution in [1.29, 1.82) is 0 Å². The molecule has 60 valence electrons. The van der Waals surface area contributed by atoms with E-state index in [1.807, 2.05) is 20.1 Å². The summed E-state index contributed by atoms with van der Waals surface area (Å²) in [7, 11) is 0. The number of hydrogen-bond acceptors (Lipinski definition) is 3. The van der Waals surface area contributed by atoms with E-state index >= 15 is 0 Å². The molecule has 3 heteroatoms. The minimum atomic E-state index is -0.218. The van der Waals surface area contributed by atoms with E-state index in [4.69, 9.17) is 0 Å². The lowest BCUT2D eigenvalue weighted by atomic mass is 10.4. The van der Waals surface area contributed by atoms with Gasteiger partial charge >= 0.3 is 0 Å². The second-order valence-electron chi connectivity index (χ2n) is 2.71. The van der Waals surface area contributed by atoms with Gasteiger partial charge in [0.2, 0.25) is 0 Å². The van der Waals surface area contributed by atoms with Crippen LogP contribution in [0.15, 0.2) is 4.99 Å². The van der Waals surface area contributed by atoms with E-state index in [0.717, 1.165) is 0 Å². The Bertz CT molecular complexity index is 115. The zero-order valence-electron chi connectivity index (χ0n) is 6.96. The number of thioether (sulfide) groups is 1. The molecule has 0 rings (SSSR count). The van der Waals surface area contributed by atoms with Crippen molar-refractivity contribution in [2.75, 3.05) is 6.26 Å². The first-order chi connectivity index (χ1) is 4.45. The maximum absolute atomic E-state index is 4.26. The lowest BCUT2D eigenvalue weighted by Crippen LogP contribution is -2.08. The Balaban J connectivity index is 3.75. The van der Waals surface area contributed by atoms with Gasteiger partial charge in [-0.1, -0.05) is 0 Å². The summed E-state index contributed by atoms with van der Waals surface area (Å²) in [5.41, 5.74) is 0. The maximum atomic E-state index is 4.26. The van der Waals surface area contributed by atoms with Gasteiger partial charge in [0, 0.05) is 11.5 Å². The highest BCUT2D eigenvalue weighted by molar-refractivity contribution is 7.99. The van der Waals surface area contributed by atoms with Crippen molar-refractivity contribution >= 4 is 30.6 Å². The summed E-state index contributed by atoms with van der Waals surface area (Å²) in [6.07, 6.45) is 4.01. The molecular formula is C7H15NS2. The van der Waals surface area contributed by atoms with Gasteiger partial charge < -0.3 is 0 Å². The summed E-state index contributed by atoms with van der Waals surface area (Å²) in [5.74, 6) is 0. The Kier molecular flexibility index (Phi) is 4.45. The van der Waals surface area contributed by atoms with Gasteiger partial charge in [-0.05, 0) is 27.0 Å². The van der Waals surface area contributed by atoms with Crippen LogP contribution in [0.1, 0.15) is 20.8 Å². The van der Waals surface area contributed by atoms with Crippen molar-refractivity contribution in [2.24, 2.45) is 4.99 Å². The second-order valence-corrected chi connectivity index (χ2v) is 5.02. The van der Waals surface area contributed by atoms with Crippen LogP contribution in [-0.4, -0.2) is 22.6 Å². The molecule has 0 aliphatic rings. The molecule has 0 saturated carbocycles. The fourth-order valence-corrected chi connectivity index (χ4v) is 0.597. The summed E-state index contributed by atoms with van der Waals surface area (Å²) in [4.78, 5) is 4.03. The molecule has 0 fully saturated rings. The van der Waals surface area contributed by atoms with E-state index < -0.39 is 0 Å². The van der Waals surface area contributed by atoms with Crippen molar-refractivity contribution in [3.63, 3.8) is 0 Å². The number of aliphatic imine (C=N–C) groups is 1. The van der Waals surface area contributed by atoms with Gasteiger partial charge in [0.15, 0.2) is 0 Å². The van der Waals surface area contributed by atoms with Crippen LogP contribution in [0.2, 0.25) is 0 Å². The van der Waals surface area contributed by atoms with Crippen molar-refractivity contribution in [3.05, 3.63) is 0 Å². The Morgan fingerprint density at radius 1 is 1.60 bits per heavy atom. The SMILES string of the molecule is CSC(C)C=NC(C)(C)S. The highest BCUT2D eigenvalue weighted by atomic mass is 32.2. The monoisotopic (exact) mass is 177 g/mol. The minimum absolute atomic E-state index is 0.218. The van der Waals surface area contributed by atoms with E-state index in [0.29, 0.717) is 5.25 Å². The third-order valence-electron chi connectivity index (χ3n) is 0.972. The van der Waals surface area contributed by atoms with E-state index in [-0.39, 0.29) is 4.87 Å². The van der Waals surface area contributed by atoms with Gasteiger partial charge in [-0.2, -0.15) is 11.8 Å². The predicted octanol–water partition coefficient (Wildman–Crippen LogP) is 2.47. The normalized spacial score (nSPS) is 16.1. The lowest BCUT2D eigenvalue weighted by molar-refractivity contribution is 0.771. The van der Waals surface area contributed by atoms with Crippen LogP contribution < -0.4 is 0 Å². The van der Waals surface area contributed by atoms with Gasteiger partial charge in [0.1, 0.15) is 0 Å². The molecule has 0 bridgehead atoms. The fourth-order valence-electron chi connectivity index (χ4n) is 0.348. The average molecular weight is 177 g/mol. The van der Waals surface area contributed by atoms with Crippen molar-refractivity contribution in [2.45, 2.75) is 30.9 Å². The van der Waals surface area contributed by atoms with Gasteiger partial charge in [-0.3, -0.25) is 4.99 Å². The molecule has 0 amide bonds. The van der Waals surface area contributed by atoms with Crippen LogP contribution in [0.5, 0.6) is 0 Å². The zero-order valence-corrected chi connectivity index (χ0v) is 8.67. The van der Waals surface area contributed by atoms with Gasteiger partial charge in [0.25, 0.3) is 0 Å². The molecule has 1 unspecified atom stereocenters. The van der Waals surface area contributed by atoms with Crippen molar-refractivity contribution < 1.29 is 0 Å². The van der Waals surface area contributed by atoms with E-state index in [9.17, 15) is 0 Å². The molecule has 0 aromatic heterocycles. The van der Waals surface area contributed by atoms with Crippen LogP contribution in [0.4, 0.5) is 0 Å². The van der Waals surface area contributed by atoms with Crippen LogP contribution in [0.3, 0.4) is 0 Å². The molecule has 1 nitrogen and oxygen atoms in total. The predicted molar refractivity (Wildman–Crippen MR) is 54.5 cm³/mol. The van der Waals surface area contributed by atoms with Crippen LogP contribution in [0.25, 0.3) is 0 Å². The Morgan fingerprint density at radius 2 is 2.10 bits per heavy atom. The molecule has 10 heavy (non-hydrogen) atoms. The fraction of sp³-hybridized carbons (Fsp3) is 0.857. The molecule has 1 atom stereocenters. The third-order valence-corrected chi connectivity index (χ3v) is 1.95. The summed E-state index contributed by atoms with van der Waals surface area (Å²) in [6, 6.07) is 0. The quantitative estimate of drug-likeness (QED) is 0.516. The lowest BCUT2D eigenvalue weighted by Gasteiger charge is -2.11. The number of thiol groups is 1. The van der Waals surface area contributed by atoms with E-state index in [1.54, 1.807) is 11.8 Å². The summed E-state index contributed by atoms with van der Waals surface area (Å²) < 4.78 is 0. The van der Waals surface area contributed by atoms with Crippen LogP contribution in [-0.2, 0) is 0 Å². The standard InChI is InChI=1S/C7H15NS2/c1-6(10-4)5-8-7(2,3)9/h5-6,9H,1-4H3. The van der Waals surface area contributed by atoms with E-state index in [1.165, 1.54) is 0 Å². The summed E-state index contributed by atoms with van der Waals surface area (Å²) in [6.45, 7) is 6.06. The summed E-state index contributed by atoms with van der Waals surface area (Å²) in [5, 5.41) is 0.492. The van der Waals surface area contributed by atoms with Crippen LogP contribution in [0, 0.1) is 0 Å². The molecular weight excluding hydrogens is 162 g/mol. The van der Waals surface area contributed by atoms with E-state index in [2.05, 4.69) is 30.8 Å². The number of hydrogen-bond donors (Lipinski definition) is 1. The van der Waals surface area contributed by atoms with Crippen molar-refractivity contribution in [3.8, 4) is 0 Å². The minimum Gasteiger partial charge on any atom is -0.280 e. The number of rotatable bonds is 3. The molecule has 0 heterocycles. The first-order valence-electron chi connectivity index (χ1n) is 3.26. The Labute approximate surface area is 73.1 Å². The second kappa shape index (κ2) is 4.29. The maximum Gasteiger partial charge on any atom is 0.0970 e. The molecule has 0 aliphatic carbocycles. The Hall–Kier alpha value is 0.370. The largest absolute Gasteiger partial charge is 0.280 e. The first kappa shape index (κ1) is 10.4. The highest BCUT2D eigenvalue weighted by Crippen LogP contribution is 2.13. The topological polar surface area (TPSA) is 12.4 Å². The molecule has 0 aliphatic heterocycles. The smallest absolute Gasteiger partial charge is 0.0970 e. The molecule has 0 radical (unpaired) electrons. The van der Waals surface area contributed by atoms with Gasteiger partial charge in [0.05, 0.1) is 4.87 Å². The van der Waals surface area contributed by atoms with Gasteiger partial charge in [-0.15, -0.1) is 12.6 Å². The Morgan fingerprint density at radius 3 is 2.40 bits per heavy atom. The van der Waals surface area contributed by atoms with Crippen molar-refractivity contribution in [1.82, 2.24) is 0 Å². The van der Waals surface area contributed by atoms with Crippen LogP contribution >= 0.6 is 24.4 Å². The molecule has 0 N–H and O–H groups in total. The van der Waals surface area contributed by atoms with Gasteiger partial charge in [-0.25, -0.2) is 0 Å². The molecule has 0 spiro atoms. The average Bonchev–Trinajstić information content (AvgIpc) is 1.81. The summed E-state index contributed by atoms with van der Waals surface area (Å²) >= 11 is 6.04. The first-order valence-corrected chi connectivity index (χ1v) is 5.00. The number of nitrogens with zero attached hydrogens (tertiary/aromatic N) is 1.